The van der Waals surface area contributed by atoms with Gasteiger partial charge in [-0.2, -0.15) is 0 Å². The lowest BCUT2D eigenvalue weighted by Crippen LogP contribution is -2.28. The Morgan fingerprint density at radius 3 is 2.75 bits per heavy atom. The fourth-order valence-corrected chi connectivity index (χ4v) is 2.29. The zero-order valence-corrected chi connectivity index (χ0v) is 11.9. The minimum Gasteiger partial charge on any atom is -0.383 e. The van der Waals surface area contributed by atoms with E-state index in [1.54, 1.807) is 7.11 Å². The third-order valence-corrected chi connectivity index (χ3v) is 3.29. The Bertz CT molecular complexity index is 583. The van der Waals surface area contributed by atoms with Gasteiger partial charge in [0, 0.05) is 38.3 Å². The van der Waals surface area contributed by atoms with Crippen LogP contribution in [0.2, 0.25) is 0 Å². The van der Waals surface area contributed by atoms with Crippen molar-refractivity contribution in [1.29, 1.82) is 0 Å². The van der Waals surface area contributed by atoms with Gasteiger partial charge in [0.05, 0.1) is 6.61 Å². The molecule has 1 aromatic carbocycles. The average molecular weight is 271 g/mol. The molecular formula is C16H21N3O. The van der Waals surface area contributed by atoms with Crippen LogP contribution in [0.5, 0.6) is 0 Å². The molecule has 1 aromatic heterocycles. The molecule has 0 spiro atoms. The lowest BCUT2D eigenvalue weighted by molar-refractivity contribution is 0.205. The number of rotatable bonds is 7. The Kier molecular flexibility index (Phi) is 5.09. The molecule has 0 radical (unpaired) electrons. The fourth-order valence-electron chi connectivity index (χ4n) is 2.29. The standard InChI is InChI=1S/C16H21N3O/c1-3-8-19(9-10-20-2)16-15-7-5-4-6-14(15)13(11-17)12-18-16/h3-7,12H,1,8-11,17H2,2H3. The van der Waals surface area contributed by atoms with E-state index >= 15 is 0 Å². The Balaban J connectivity index is 2.49. The molecule has 0 aliphatic carbocycles. The molecule has 0 aliphatic rings. The van der Waals surface area contributed by atoms with Crippen LogP contribution in [-0.2, 0) is 11.3 Å². The Hall–Kier alpha value is -1.91. The summed E-state index contributed by atoms with van der Waals surface area (Å²) in [4.78, 5) is 6.76. The number of hydrogen-bond donors (Lipinski definition) is 1. The smallest absolute Gasteiger partial charge is 0.136 e. The van der Waals surface area contributed by atoms with Crippen molar-refractivity contribution >= 4 is 16.6 Å². The number of pyridine rings is 1. The Morgan fingerprint density at radius 2 is 2.10 bits per heavy atom. The van der Waals surface area contributed by atoms with Crippen molar-refractivity contribution in [1.82, 2.24) is 4.98 Å². The minimum absolute atomic E-state index is 0.493. The van der Waals surface area contributed by atoms with Gasteiger partial charge in [-0.05, 0) is 10.9 Å². The first kappa shape index (κ1) is 14.5. The zero-order chi connectivity index (χ0) is 14.4. The molecule has 0 fully saturated rings. The van der Waals surface area contributed by atoms with Crippen LogP contribution in [0, 0.1) is 0 Å². The highest BCUT2D eigenvalue weighted by Crippen LogP contribution is 2.26. The molecule has 4 heteroatoms. The third kappa shape index (κ3) is 2.98. The molecule has 0 bridgehead atoms. The van der Waals surface area contributed by atoms with Crippen LogP contribution in [0.4, 0.5) is 5.82 Å². The number of fused-ring (bicyclic) bond motifs is 1. The fraction of sp³-hybridized carbons (Fsp3) is 0.312. The van der Waals surface area contributed by atoms with Crippen LogP contribution >= 0.6 is 0 Å². The highest BCUT2D eigenvalue weighted by atomic mass is 16.5. The van der Waals surface area contributed by atoms with Crippen LogP contribution < -0.4 is 10.6 Å². The second-order valence-corrected chi connectivity index (χ2v) is 4.58. The van der Waals surface area contributed by atoms with Gasteiger partial charge in [-0.1, -0.05) is 30.3 Å². The predicted molar refractivity (Wildman–Crippen MR) is 83.9 cm³/mol. The summed E-state index contributed by atoms with van der Waals surface area (Å²) in [7, 11) is 1.70. The molecular weight excluding hydrogens is 250 g/mol. The second kappa shape index (κ2) is 7.03. The number of anilines is 1. The summed E-state index contributed by atoms with van der Waals surface area (Å²) in [6.07, 6.45) is 3.74. The van der Waals surface area contributed by atoms with E-state index in [-0.39, 0.29) is 0 Å². The topological polar surface area (TPSA) is 51.4 Å². The highest BCUT2D eigenvalue weighted by molar-refractivity contribution is 5.94. The number of nitrogens with zero attached hydrogens (tertiary/aromatic N) is 2. The summed E-state index contributed by atoms with van der Waals surface area (Å²) in [5, 5.41) is 2.28. The van der Waals surface area contributed by atoms with Gasteiger partial charge in [0.15, 0.2) is 0 Å². The molecule has 2 rings (SSSR count). The van der Waals surface area contributed by atoms with Crippen LogP contribution in [0.3, 0.4) is 0 Å². The summed E-state index contributed by atoms with van der Waals surface area (Å²) in [5.74, 6) is 0.953. The molecule has 106 valence electrons. The van der Waals surface area contributed by atoms with Crippen LogP contribution in [0.15, 0.2) is 43.1 Å². The third-order valence-electron chi connectivity index (χ3n) is 3.29. The van der Waals surface area contributed by atoms with Gasteiger partial charge >= 0.3 is 0 Å². The van der Waals surface area contributed by atoms with E-state index in [0.29, 0.717) is 13.2 Å². The van der Waals surface area contributed by atoms with E-state index in [2.05, 4.69) is 28.6 Å². The van der Waals surface area contributed by atoms with Gasteiger partial charge in [0.2, 0.25) is 0 Å². The zero-order valence-electron chi connectivity index (χ0n) is 11.9. The molecule has 4 nitrogen and oxygen atoms in total. The van der Waals surface area contributed by atoms with Crippen LogP contribution in [-0.4, -0.2) is 31.8 Å². The maximum Gasteiger partial charge on any atom is 0.136 e. The number of ether oxygens (including phenoxy) is 1. The van der Waals surface area contributed by atoms with Crippen molar-refractivity contribution in [3.8, 4) is 0 Å². The normalized spacial score (nSPS) is 10.7. The highest BCUT2D eigenvalue weighted by Gasteiger charge is 2.12. The number of aromatic nitrogens is 1. The van der Waals surface area contributed by atoms with Crippen molar-refractivity contribution in [3.05, 3.63) is 48.7 Å². The van der Waals surface area contributed by atoms with Crippen molar-refractivity contribution in [3.63, 3.8) is 0 Å². The lowest BCUT2D eigenvalue weighted by Gasteiger charge is -2.24. The van der Waals surface area contributed by atoms with Crippen molar-refractivity contribution in [2.45, 2.75) is 6.54 Å². The van der Waals surface area contributed by atoms with Gasteiger partial charge in [-0.3, -0.25) is 0 Å². The molecule has 1 heterocycles. The van der Waals surface area contributed by atoms with Gasteiger partial charge in [-0.25, -0.2) is 4.98 Å². The van der Waals surface area contributed by atoms with Crippen LogP contribution in [0.25, 0.3) is 10.8 Å². The van der Waals surface area contributed by atoms with E-state index in [1.807, 2.05) is 24.4 Å². The molecule has 0 amide bonds. The summed E-state index contributed by atoms with van der Waals surface area (Å²) in [6.45, 7) is 6.48. The maximum absolute atomic E-state index is 5.79. The van der Waals surface area contributed by atoms with E-state index in [0.717, 1.165) is 35.2 Å². The SMILES string of the molecule is C=CCN(CCOC)c1ncc(CN)c2ccccc12. The second-order valence-electron chi connectivity index (χ2n) is 4.58. The van der Waals surface area contributed by atoms with Gasteiger partial charge < -0.3 is 15.4 Å². The first-order valence-electron chi connectivity index (χ1n) is 6.73. The van der Waals surface area contributed by atoms with Gasteiger partial charge in [0.25, 0.3) is 0 Å². The number of methoxy groups -OCH3 is 1. The minimum atomic E-state index is 0.493. The molecule has 2 N–H and O–H groups in total. The first-order chi connectivity index (χ1) is 9.81. The lowest BCUT2D eigenvalue weighted by atomic mass is 10.1. The van der Waals surface area contributed by atoms with Gasteiger partial charge in [0.1, 0.15) is 5.82 Å². The first-order valence-corrected chi connectivity index (χ1v) is 6.73. The molecule has 0 unspecified atom stereocenters. The Labute approximate surface area is 119 Å². The molecule has 20 heavy (non-hydrogen) atoms. The monoisotopic (exact) mass is 271 g/mol. The van der Waals surface area contributed by atoms with Crippen LogP contribution in [0.1, 0.15) is 5.56 Å². The van der Waals surface area contributed by atoms with Crippen molar-refractivity contribution in [2.75, 3.05) is 31.7 Å². The molecule has 2 aromatic rings. The van der Waals surface area contributed by atoms with E-state index in [9.17, 15) is 0 Å². The molecule has 0 saturated heterocycles. The summed E-state index contributed by atoms with van der Waals surface area (Å²) >= 11 is 0. The molecule has 0 saturated carbocycles. The average Bonchev–Trinajstić information content (AvgIpc) is 2.50. The molecule has 0 aliphatic heterocycles. The van der Waals surface area contributed by atoms with Crippen molar-refractivity contribution < 1.29 is 4.74 Å². The number of hydrogen-bond acceptors (Lipinski definition) is 4. The van der Waals surface area contributed by atoms with E-state index < -0.39 is 0 Å². The largest absolute Gasteiger partial charge is 0.383 e. The predicted octanol–water partition coefficient (Wildman–Crippen LogP) is 2.33. The number of benzene rings is 1. The molecule has 0 atom stereocenters. The van der Waals surface area contributed by atoms with E-state index in [4.69, 9.17) is 10.5 Å². The van der Waals surface area contributed by atoms with Crippen molar-refractivity contribution in [2.24, 2.45) is 5.73 Å². The Morgan fingerprint density at radius 1 is 1.35 bits per heavy atom. The quantitative estimate of drug-likeness (QED) is 0.785. The summed E-state index contributed by atoms with van der Waals surface area (Å²) in [6, 6.07) is 8.22. The van der Waals surface area contributed by atoms with Gasteiger partial charge in [-0.15, -0.1) is 6.58 Å². The maximum atomic E-state index is 5.79. The summed E-state index contributed by atoms with van der Waals surface area (Å²) < 4.78 is 5.17. The number of nitrogens with two attached hydrogens (primary N) is 1. The van der Waals surface area contributed by atoms with E-state index in [1.165, 1.54) is 0 Å². The summed E-state index contributed by atoms with van der Waals surface area (Å²) in [5.41, 5.74) is 6.86.